The van der Waals surface area contributed by atoms with Gasteiger partial charge < -0.3 is 0 Å². The Bertz CT molecular complexity index is 519. The van der Waals surface area contributed by atoms with Crippen LogP contribution in [0.25, 0.3) is 5.69 Å². The van der Waals surface area contributed by atoms with Gasteiger partial charge in [0.1, 0.15) is 5.82 Å². The molecule has 1 heterocycles. The standard InChI is InChI=1S/C8H5ClFN3O/c9-7-11-12-8(14)13(7)6-4-2-1-3-5(6)10/h1-4H,(H,12,14). The summed E-state index contributed by atoms with van der Waals surface area (Å²) >= 11 is 5.61. The first-order chi connectivity index (χ1) is 6.70. The molecule has 0 aliphatic carbocycles. The molecule has 0 bridgehead atoms. The van der Waals surface area contributed by atoms with Crippen LogP contribution in [0.15, 0.2) is 29.1 Å². The molecule has 1 aromatic heterocycles. The summed E-state index contributed by atoms with van der Waals surface area (Å²) in [5, 5.41) is 5.48. The monoisotopic (exact) mass is 213 g/mol. The van der Waals surface area contributed by atoms with Crippen molar-refractivity contribution < 1.29 is 4.39 Å². The van der Waals surface area contributed by atoms with E-state index in [1.54, 1.807) is 6.07 Å². The molecule has 14 heavy (non-hydrogen) atoms. The van der Waals surface area contributed by atoms with E-state index in [-0.39, 0.29) is 11.0 Å². The van der Waals surface area contributed by atoms with Crippen molar-refractivity contribution in [1.29, 1.82) is 0 Å². The third-order valence-electron chi connectivity index (χ3n) is 1.72. The number of hydrogen-bond donors (Lipinski definition) is 1. The summed E-state index contributed by atoms with van der Waals surface area (Å²) in [6.07, 6.45) is 0. The Balaban J connectivity index is 2.72. The van der Waals surface area contributed by atoms with Crippen LogP contribution >= 0.6 is 11.6 Å². The molecule has 72 valence electrons. The van der Waals surface area contributed by atoms with Gasteiger partial charge >= 0.3 is 5.69 Å². The Morgan fingerprint density at radius 2 is 2.14 bits per heavy atom. The van der Waals surface area contributed by atoms with Gasteiger partial charge in [0.15, 0.2) is 0 Å². The Hall–Kier alpha value is -1.62. The molecule has 2 aromatic rings. The van der Waals surface area contributed by atoms with E-state index in [0.717, 1.165) is 4.57 Å². The molecule has 0 unspecified atom stereocenters. The normalized spacial score (nSPS) is 10.4. The van der Waals surface area contributed by atoms with Crippen molar-refractivity contribution in [3.8, 4) is 5.69 Å². The number of halogens is 2. The lowest BCUT2D eigenvalue weighted by Gasteiger charge is -2.01. The molecule has 0 radical (unpaired) electrons. The molecule has 0 aliphatic heterocycles. The van der Waals surface area contributed by atoms with Gasteiger partial charge in [0, 0.05) is 0 Å². The zero-order chi connectivity index (χ0) is 10.1. The van der Waals surface area contributed by atoms with Gasteiger partial charge in [-0.15, -0.1) is 5.10 Å². The van der Waals surface area contributed by atoms with Crippen LogP contribution in [0.2, 0.25) is 5.28 Å². The lowest BCUT2D eigenvalue weighted by Crippen LogP contribution is -2.15. The lowest BCUT2D eigenvalue weighted by atomic mass is 10.3. The molecular weight excluding hydrogens is 209 g/mol. The predicted molar refractivity (Wildman–Crippen MR) is 49.2 cm³/mol. The van der Waals surface area contributed by atoms with Crippen LogP contribution in [0.5, 0.6) is 0 Å². The summed E-state index contributed by atoms with van der Waals surface area (Å²) in [4.78, 5) is 11.2. The number of rotatable bonds is 1. The van der Waals surface area contributed by atoms with E-state index in [0.29, 0.717) is 0 Å². The largest absolute Gasteiger partial charge is 0.349 e. The van der Waals surface area contributed by atoms with E-state index in [4.69, 9.17) is 11.6 Å². The van der Waals surface area contributed by atoms with Gasteiger partial charge in [0.05, 0.1) is 5.69 Å². The van der Waals surface area contributed by atoms with E-state index in [1.807, 2.05) is 0 Å². The van der Waals surface area contributed by atoms with Crippen molar-refractivity contribution in [1.82, 2.24) is 14.8 Å². The molecule has 0 saturated carbocycles. The van der Waals surface area contributed by atoms with Gasteiger partial charge in [-0.25, -0.2) is 18.9 Å². The maximum atomic E-state index is 13.3. The number of H-pyrrole nitrogens is 1. The molecule has 4 nitrogen and oxygen atoms in total. The highest BCUT2D eigenvalue weighted by molar-refractivity contribution is 6.28. The molecular formula is C8H5ClFN3O. The highest BCUT2D eigenvalue weighted by Gasteiger charge is 2.10. The summed E-state index contributed by atoms with van der Waals surface area (Å²) < 4.78 is 14.2. The summed E-state index contributed by atoms with van der Waals surface area (Å²) in [5.41, 5.74) is -0.489. The molecule has 0 spiro atoms. The number of aromatic amines is 1. The van der Waals surface area contributed by atoms with Crippen LogP contribution in [0.3, 0.4) is 0 Å². The van der Waals surface area contributed by atoms with Crippen molar-refractivity contribution in [2.45, 2.75) is 0 Å². The highest BCUT2D eigenvalue weighted by Crippen LogP contribution is 2.13. The molecule has 0 fully saturated rings. The summed E-state index contributed by atoms with van der Waals surface area (Å²) in [5.74, 6) is -0.530. The molecule has 0 aliphatic rings. The minimum atomic E-state index is -0.569. The molecule has 6 heteroatoms. The fourth-order valence-corrected chi connectivity index (χ4v) is 1.33. The molecule has 0 amide bonds. The van der Waals surface area contributed by atoms with Crippen LogP contribution in [-0.2, 0) is 0 Å². The van der Waals surface area contributed by atoms with E-state index in [1.165, 1.54) is 18.2 Å². The molecule has 0 saturated heterocycles. The molecule has 0 atom stereocenters. The molecule has 1 aromatic carbocycles. The van der Waals surface area contributed by atoms with Gasteiger partial charge in [0.25, 0.3) is 0 Å². The van der Waals surface area contributed by atoms with Gasteiger partial charge in [-0.05, 0) is 23.7 Å². The first-order valence-electron chi connectivity index (χ1n) is 3.78. The number of hydrogen-bond acceptors (Lipinski definition) is 2. The Morgan fingerprint density at radius 1 is 1.43 bits per heavy atom. The SMILES string of the molecule is O=c1[nH]nc(Cl)n1-c1ccccc1F. The zero-order valence-corrected chi connectivity index (χ0v) is 7.62. The second-order valence-corrected chi connectivity index (χ2v) is 2.92. The summed E-state index contributed by atoms with van der Waals surface area (Å²) in [6.45, 7) is 0. The van der Waals surface area contributed by atoms with Gasteiger partial charge in [-0.1, -0.05) is 12.1 Å². The second-order valence-electron chi connectivity index (χ2n) is 2.58. The van der Waals surface area contributed by atoms with Crippen molar-refractivity contribution in [3.05, 3.63) is 45.9 Å². The summed E-state index contributed by atoms with van der Waals surface area (Å²) in [7, 11) is 0. The average Bonchev–Trinajstić information content (AvgIpc) is 2.48. The summed E-state index contributed by atoms with van der Waals surface area (Å²) in [6, 6.07) is 5.81. The minimum Gasteiger partial charge on any atom is -0.246 e. The van der Waals surface area contributed by atoms with E-state index in [9.17, 15) is 9.18 Å². The van der Waals surface area contributed by atoms with E-state index in [2.05, 4.69) is 10.2 Å². The average molecular weight is 214 g/mol. The maximum absolute atomic E-state index is 13.3. The fourth-order valence-electron chi connectivity index (χ4n) is 1.12. The highest BCUT2D eigenvalue weighted by atomic mass is 35.5. The Kier molecular flexibility index (Phi) is 2.09. The number of benzene rings is 1. The topological polar surface area (TPSA) is 50.7 Å². The van der Waals surface area contributed by atoms with Crippen molar-refractivity contribution in [2.75, 3.05) is 0 Å². The number of para-hydroxylation sites is 1. The predicted octanol–water partition coefficient (Wildman–Crippen LogP) is 1.35. The van der Waals surface area contributed by atoms with Crippen LogP contribution in [0.1, 0.15) is 0 Å². The number of nitrogens with one attached hydrogen (secondary N) is 1. The van der Waals surface area contributed by atoms with Crippen molar-refractivity contribution in [2.24, 2.45) is 0 Å². The first-order valence-corrected chi connectivity index (χ1v) is 4.16. The Labute approximate surface area is 82.9 Å². The molecule has 1 N–H and O–H groups in total. The fraction of sp³-hybridized carbons (Fsp3) is 0. The zero-order valence-electron chi connectivity index (χ0n) is 6.87. The first kappa shape index (κ1) is 8.96. The maximum Gasteiger partial charge on any atom is 0.349 e. The van der Waals surface area contributed by atoms with Crippen LogP contribution < -0.4 is 5.69 Å². The third kappa shape index (κ3) is 1.31. The van der Waals surface area contributed by atoms with Gasteiger partial charge in [-0.2, -0.15) is 0 Å². The van der Waals surface area contributed by atoms with Crippen LogP contribution in [0, 0.1) is 5.82 Å². The minimum absolute atomic E-state index is 0.0799. The van der Waals surface area contributed by atoms with Crippen molar-refractivity contribution >= 4 is 11.6 Å². The number of nitrogens with zero attached hydrogens (tertiary/aromatic N) is 2. The van der Waals surface area contributed by atoms with Gasteiger partial charge in [0.2, 0.25) is 5.28 Å². The van der Waals surface area contributed by atoms with Crippen molar-refractivity contribution in [3.63, 3.8) is 0 Å². The Morgan fingerprint density at radius 3 is 2.71 bits per heavy atom. The van der Waals surface area contributed by atoms with Crippen LogP contribution in [-0.4, -0.2) is 14.8 Å². The van der Waals surface area contributed by atoms with E-state index >= 15 is 0 Å². The third-order valence-corrected chi connectivity index (χ3v) is 1.98. The van der Waals surface area contributed by atoms with E-state index < -0.39 is 11.5 Å². The lowest BCUT2D eigenvalue weighted by molar-refractivity contribution is 0.616. The van der Waals surface area contributed by atoms with Gasteiger partial charge in [-0.3, -0.25) is 0 Å². The smallest absolute Gasteiger partial charge is 0.246 e. The van der Waals surface area contributed by atoms with Crippen LogP contribution in [0.4, 0.5) is 4.39 Å². The quantitative estimate of drug-likeness (QED) is 0.778. The molecule has 2 rings (SSSR count). The number of aromatic nitrogens is 3. The second kappa shape index (κ2) is 3.26.